The summed E-state index contributed by atoms with van der Waals surface area (Å²) in [5.41, 5.74) is 1.68. The molecule has 2 aromatic rings. The molecule has 0 saturated carbocycles. The van der Waals surface area contributed by atoms with Gasteiger partial charge < -0.3 is 15.5 Å². The minimum Gasteiger partial charge on any atom is -0.338 e. The van der Waals surface area contributed by atoms with Crippen molar-refractivity contribution < 1.29 is 9.59 Å². The first-order chi connectivity index (χ1) is 12.7. The zero-order valence-electron chi connectivity index (χ0n) is 14.9. The Labute approximate surface area is 153 Å². The molecule has 2 N–H and O–H groups in total. The van der Waals surface area contributed by atoms with Crippen LogP contribution in [0.5, 0.6) is 0 Å². The van der Waals surface area contributed by atoms with E-state index in [0.29, 0.717) is 22.7 Å². The molecule has 1 saturated heterocycles. The van der Waals surface area contributed by atoms with Crippen molar-refractivity contribution in [1.82, 2.24) is 15.2 Å². The lowest BCUT2D eigenvalue weighted by Crippen LogP contribution is -2.42. The number of pyridine rings is 1. The first kappa shape index (κ1) is 18.1. The van der Waals surface area contributed by atoms with Gasteiger partial charge in [-0.15, -0.1) is 0 Å². The largest absolute Gasteiger partial charge is 0.338 e. The summed E-state index contributed by atoms with van der Waals surface area (Å²) in [6.07, 6.45) is 5.30. The number of carbonyl (C=O) groups is 2. The van der Waals surface area contributed by atoms with Crippen molar-refractivity contribution in [2.75, 3.05) is 32.0 Å². The van der Waals surface area contributed by atoms with Gasteiger partial charge in [0.15, 0.2) is 0 Å². The Morgan fingerprint density at radius 1 is 1.23 bits per heavy atom. The fourth-order valence-corrected chi connectivity index (χ4v) is 3.32. The van der Waals surface area contributed by atoms with E-state index in [4.69, 9.17) is 0 Å². The van der Waals surface area contributed by atoms with Crippen LogP contribution in [0.25, 0.3) is 0 Å². The molecule has 3 rings (SSSR count). The van der Waals surface area contributed by atoms with Gasteiger partial charge in [-0.25, -0.2) is 0 Å². The van der Waals surface area contributed by atoms with Crippen molar-refractivity contribution in [3.63, 3.8) is 0 Å². The van der Waals surface area contributed by atoms with Gasteiger partial charge in [0.1, 0.15) is 0 Å². The van der Waals surface area contributed by atoms with E-state index in [1.54, 1.807) is 42.6 Å². The summed E-state index contributed by atoms with van der Waals surface area (Å²) in [7, 11) is 1.94. The lowest BCUT2D eigenvalue weighted by Gasteiger charge is -2.32. The van der Waals surface area contributed by atoms with Gasteiger partial charge in [-0.2, -0.15) is 0 Å². The number of carbonyl (C=O) groups excluding carboxylic acids is 2. The van der Waals surface area contributed by atoms with E-state index in [0.717, 1.165) is 32.5 Å². The van der Waals surface area contributed by atoms with Crippen LogP contribution in [-0.2, 0) is 0 Å². The zero-order valence-corrected chi connectivity index (χ0v) is 14.9. The summed E-state index contributed by atoms with van der Waals surface area (Å²) in [5, 5.41) is 6.02. The summed E-state index contributed by atoms with van der Waals surface area (Å²) in [6, 6.07) is 10.5. The minimum absolute atomic E-state index is 0.0169. The third-order valence-corrected chi connectivity index (χ3v) is 4.59. The maximum atomic E-state index is 12.8. The third kappa shape index (κ3) is 4.46. The predicted molar refractivity (Wildman–Crippen MR) is 101 cm³/mol. The van der Waals surface area contributed by atoms with Crippen molar-refractivity contribution in [3.05, 3.63) is 59.9 Å². The molecule has 1 aromatic carbocycles. The summed E-state index contributed by atoms with van der Waals surface area (Å²) in [5.74, 6) is 0.268. The number of nitrogens with zero attached hydrogens (tertiary/aromatic N) is 2. The normalized spacial score (nSPS) is 17.0. The second-order valence-electron chi connectivity index (χ2n) is 6.59. The Balaban J connectivity index is 1.68. The molecule has 6 nitrogen and oxygen atoms in total. The van der Waals surface area contributed by atoms with E-state index in [1.165, 1.54) is 6.20 Å². The Kier molecular flexibility index (Phi) is 5.96. The fraction of sp³-hybridized carbons (Fsp3) is 0.350. The summed E-state index contributed by atoms with van der Waals surface area (Å²) in [6.45, 7) is 2.47. The molecule has 2 amide bonds. The number of nitrogens with one attached hydrogen (secondary N) is 2. The van der Waals surface area contributed by atoms with E-state index in [1.807, 2.05) is 11.9 Å². The van der Waals surface area contributed by atoms with Gasteiger partial charge >= 0.3 is 0 Å². The van der Waals surface area contributed by atoms with Crippen LogP contribution >= 0.6 is 0 Å². The molecule has 1 unspecified atom stereocenters. The number of aromatic nitrogens is 1. The molecule has 1 aliphatic heterocycles. The lowest BCUT2D eigenvalue weighted by atomic mass is 9.97. The number of hydrogen-bond donors (Lipinski definition) is 2. The zero-order chi connectivity index (χ0) is 18.4. The van der Waals surface area contributed by atoms with Crippen LogP contribution in [0.1, 0.15) is 33.6 Å². The highest BCUT2D eigenvalue weighted by molar-refractivity contribution is 6.04. The van der Waals surface area contributed by atoms with E-state index in [2.05, 4.69) is 15.6 Å². The highest BCUT2D eigenvalue weighted by Gasteiger charge is 2.24. The second-order valence-corrected chi connectivity index (χ2v) is 6.59. The van der Waals surface area contributed by atoms with Crippen LogP contribution in [-0.4, -0.2) is 48.4 Å². The quantitative estimate of drug-likeness (QED) is 0.867. The summed E-state index contributed by atoms with van der Waals surface area (Å²) in [4.78, 5) is 31.0. The van der Waals surface area contributed by atoms with Crippen molar-refractivity contribution >= 4 is 17.5 Å². The first-order valence-corrected chi connectivity index (χ1v) is 8.92. The molecule has 26 heavy (non-hydrogen) atoms. The average Bonchev–Trinajstić information content (AvgIpc) is 2.69. The van der Waals surface area contributed by atoms with Crippen LogP contribution < -0.4 is 10.6 Å². The van der Waals surface area contributed by atoms with Gasteiger partial charge in [0.05, 0.1) is 5.56 Å². The van der Waals surface area contributed by atoms with E-state index in [-0.39, 0.29) is 11.8 Å². The third-order valence-electron chi connectivity index (χ3n) is 4.59. The standard InChI is InChI=1S/C20H24N4O2/c1-21-12-15-5-4-10-24(14-15)20(26)16-6-2-8-18(11-16)23-19(25)17-7-3-9-22-13-17/h2-3,6-9,11,13,15,21H,4-5,10,12,14H2,1H3,(H,23,25). The molecule has 1 fully saturated rings. The molecule has 0 bridgehead atoms. The Morgan fingerprint density at radius 2 is 2.08 bits per heavy atom. The first-order valence-electron chi connectivity index (χ1n) is 8.92. The highest BCUT2D eigenvalue weighted by atomic mass is 16.2. The topological polar surface area (TPSA) is 74.3 Å². The van der Waals surface area contributed by atoms with Gasteiger partial charge in [-0.05, 0) is 62.7 Å². The van der Waals surface area contributed by atoms with Gasteiger partial charge in [0, 0.05) is 36.7 Å². The second kappa shape index (κ2) is 8.58. The van der Waals surface area contributed by atoms with Gasteiger partial charge in [0.2, 0.25) is 0 Å². The van der Waals surface area contributed by atoms with Gasteiger partial charge in [-0.3, -0.25) is 14.6 Å². The van der Waals surface area contributed by atoms with Crippen LogP contribution in [0.3, 0.4) is 0 Å². The van der Waals surface area contributed by atoms with Gasteiger partial charge in [0.25, 0.3) is 11.8 Å². The average molecular weight is 352 g/mol. The Morgan fingerprint density at radius 3 is 2.85 bits per heavy atom. The summed E-state index contributed by atoms with van der Waals surface area (Å²) < 4.78 is 0. The number of rotatable bonds is 5. The number of piperidine rings is 1. The molecule has 0 radical (unpaired) electrons. The molecule has 136 valence electrons. The molecular weight excluding hydrogens is 328 g/mol. The number of amides is 2. The highest BCUT2D eigenvalue weighted by Crippen LogP contribution is 2.20. The lowest BCUT2D eigenvalue weighted by molar-refractivity contribution is 0.0674. The van der Waals surface area contributed by atoms with E-state index in [9.17, 15) is 9.59 Å². The SMILES string of the molecule is CNCC1CCCN(C(=O)c2cccc(NC(=O)c3cccnc3)c2)C1. The van der Waals surface area contributed by atoms with Crippen LogP contribution in [0.15, 0.2) is 48.8 Å². The molecule has 1 aliphatic rings. The molecule has 1 atom stereocenters. The van der Waals surface area contributed by atoms with Crippen molar-refractivity contribution in [2.24, 2.45) is 5.92 Å². The summed E-state index contributed by atoms with van der Waals surface area (Å²) >= 11 is 0. The van der Waals surface area contributed by atoms with Crippen LogP contribution in [0.2, 0.25) is 0 Å². The Hall–Kier alpha value is -2.73. The maximum Gasteiger partial charge on any atom is 0.257 e. The molecule has 6 heteroatoms. The number of benzene rings is 1. The minimum atomic E-state index is -0.241. The van der Waals surface area contributed by atoms with Crippen molar-refractivity contribution in [1.29, 1.82) is 0 Å². The fourth-order valence-electron chi connectivity index (χ4n) is 3.32. The number of likely N-dealkylation sites (tertiary alicyclic amines) is 1. The molecule has 0 aliphatic carbocycles. The van der Waals surface area contributed by atoms with E-state index >= 15 is 0 Å². The Bertz CT molecular complexity index is 761. The van der Waals surface area contributed by atoms with Crippen molar-refractivity contribution in [2.45, 2.75) is 12.8 Å². The van der Waals surface area contributed by atoms with Gasteiger partial charge in [-0.1, -0.05) is 6.07 Å². The van der Waals surface area contributed by atoms with Crippen molar-refractivity contribution in [3.8, 4) is 0 Å². The maximum absolute atomic E-state index is 12.8. The molecular formula is C20H24N4O2. The van der Waals surface area contributed by atoms with Crippen LogP contribution in [0.4, 0.5) is 5.69 Å². The monoisotopic (exact) mass is 352 g/mol. The van der Waals surface area contributed by atoms with E-state index < -0.39 is 0 Å². The number of anilines is 1. The molecule has 0 spiro atoms. The van der Waals surface area contributed by atoms with Crippen LogP contribution in [0, 0.1) is 5.92 Å². The number of hydrogen-bond acceptors (Lipinski definition) is 4. The predicted octanol–water partition coefficient (Wildman–Crippen LogP) is 2.41. The molecule has 1 aromatic heterocycles. The molecule has 2 heterocycles. The smallest absolute Gasteiger partial charge is 0.257 e.